The molecule has 2 N–H and O–H groups in total. The minimum absolute atomic E-state index is 0.0657. The molecule has 1 saturated heterocycles. The molecule has 2 rings (SSSR count). The summed E-state index contributed by atoms with van der Waals surface area (Å²) in [5.41, 5.74) is 5.17. The first-order valence-electron chi connectivity index (χ1n) is 5.12. The molecule has 0 aromatic carbocycles. The van der Waals surface area contributed by atoms with Crippen molar-refractivity contribution in [1.29, 1.82) is 0 Å². The SMILES string of the molecule is NC(=O)c1[c]ccc(N2CCS(=O)(=O)CC2)n1. The van der Waals surface area contributed by atoms with Gasteiger partial charge in [0.15, 0.2) is 9.84 Å². The smallest absolute Gasteiger partial charge is 0.268 e. The van der Waals surface area contributed by atoms with Crippen molar-refractivity contribution in [3.8, 4) is 0 Å². The van der Waals surface area contributed by atoms with Gasteiger partial charge in [-0.1, -0.05) is 0 Å². The Bertz CT molecular complexity index is 527. The van der Waals surface area contributed by atoms with Gasteiger partial charge in [-0.3, -0.25) is 4.79 Å². The molecule has 0 atom stereocenters. The monoisotopic (exact) mass is 254 g/mol. The number of carbonyl (C=O) groups excluding carboxylic acids is 1. The molecule has 1 fully saturated rings. The zero-order chi connectivity index (χ0) is 12.5. The molecule has 1 aromatic heterocycles. The molecule has 0 saturated carbocycles. The van der Waals surface area contributed by atoms with Crippen LogP contribution in [-0.2, 0) is 9.84 Å². The van der Waals surface area contributed by atoms with Crippen molar-refractivity contribution in [2.24, 2.45) is 5.73 Å². The third-order valence-corrected chi connectivity index (χ3v) is 4.19. The number of amides is 1. The predicted molar refractivity (Wildman–Crippen MR) is 62.5 cm³/mol. The number of primary amides is 1. The number of rotatable bonds is 2. The number of carbonyl (C=O) groups is 1. The fraction of sp³-hybridized carbons (Fsp3) is 0.400. The largest absolute Gasteiger partial charge is 0.364 e. The highest BCUT2D eigenvalue weighted by atomic mass is 32.2. The first-order valence-corrected chi connectivity index (χ1v) is 6.94. The summed E-state index contributed by atoms with van der Waals surface area (Å²) in [6.45, 7) is 0.773. The van der Waals surface area contributed by atoms with Crippen molar-refractivity contribution in [1.82, 2.24) is 4.98 Å². The molecular formula is C10H12N3O3S. The Morgan fingerprint density at radius 2 is 2.06 bits per heavy atom. The fourth-order valence-corrected chi connectivity index (χ4v) is 2.82. The van der Waals surface area contributed by atoms with Crippen molar-refractivity contribution in [2.75, 3.05) is 29.5 Å². The molecule has 0 spiro atoms. The highest BCUT2D eigenvalue weighted by molar-refractivity contribution is 7.91. The lowest BCUT2D eigenvalue weighted by atomic mass is 10.3. The van der Waals surface area contributed by atoms with Crippen LogP contribution in [0.3, 0.4) is 0 Å². The van der Waals surface area contributed by atoms with E-state index in [1.54, 1.807) is 12.1 Å². The third-order valence-electron chi connectivity index (χ3n) is 2.58. The van der Waals surface area contributed by atoms with E-state index < -0.39 is 15.7 Å². The summed E-state index contributed by atoms with van der Waals surface area (Å²) in [5, 5.41) is 0. The van der Waals surface area contributed by atoms with E-state index >= 15 is 0 Å². The van der Waals surface area contributed by atoms with Crippen molar-refractivity contribution < 1.29 is 13.2 Å². The zero-order valence-electron chi connectivity index (χ0n) is 9.09. The molecule has 1 aliphatic heterocycles. The second kappa shape index (κ2) is 4.33. The molecular weight excluding hydrogens is 242 g/mol. The van der Waals surface area contributed by atoms with Crippen molar-refractivity contribution >= 4 is 21.6 Å². The van der Waals surface area contributed by atoms with Crippen LogP contribution in [-0.4, -0.2) is 43.9 Å². The summed E-state index contributed by atoms with van der Waals surface area (Å²) in [6.07, 6.45) is 0. The van der Waals surface area contributed by atoms with Gasteiger partial charge in [-0.2, -0.15) is 0 Å². The van der Waals surface area contributed by atoms with Gasteiger partial charge in [0.1, 0.15) is 11.5 Å². The first kappa shape index (κ1) is 11.8. The molecule has 2 heterocycles. The second-order valence-electron chi connectivity index (χ2n) is 3.80. The van der Waals surface area contributed by atoms with Crippen LogP contribution in [0, 0.1) is 6.07 Å². The molecule has 0 bridgehead atoms. The number of nitrogens with zero attached hydrogens (tertiary/aromatic N) is 2. The van der Waals surface area contributed by atoms with Crippen molar-refractivity contribution in [3.63, 3.8) is 0 Å². The maximum atomic E-state index is 11.3. The van der Waals surface area contributed by atoms with E-state index in [4.69, 9.17) is 5.73 Å². The van der Waals surface area contributed by atoms with Crippen LogP contribution in [0.2, 0.25) is 0 Å². The quantitative estimate of drug-likeness (QED) is 0.747. The molecule has 7 heteroatoms. The van der Waals surface area contributed by atoms with E-state index in [1.165, 1.54) is 0 Å². The Hall–Kier alpha value is -1.63. The normalized spacial score (nSPS) is 18.9. The number of aromatic nitrogens is 1. The average Bonchev–Trinajstić information content (AvgIpc) is 2.29. The van der Waals surface area contributed by atoms with E-state index in [9.17, 15) is 13.2 Å². The highest BCUT2D eigenvalue weighted by Gasteiger charge is 2.22. The number of nitrogens with two attached hydrogens (primary N) is 1. The third kappa shape index (κ3) is 2.73. The number of pyridine rings is 1. The van der Waals surface area contributed by atoms with Gasteiger partial charge in [-0.15, -0.1) is 0 Å². The minimum atomic E-state index is -2.92. The maximum absolute atomic E-state index is 11.3. The Labute approximate surface area is 99.4 Å². The topological polar surface area (TPSA) is 93.4 Å². The van der Waals surface area contributed by atoms with Crippen LogP contribution in [0.4, 0.5) is 5.82 Å². The molecule has 1 aromatic rings. The Morgan fingerprint density at radius 3 is 2.65 bits per heavy atom. The fourth-order valence-electron chi connectivity index (χ4n) is 1.62. The van der Waals surface area contributed by atoms with Crippen molar-refractivity contribution in [3.05, 3.63) is 23.9 Å². The van der Waals surface area contributed by atoms with Gasteiger partial charge in [0.05, 0.1) is 11.5 Å². The summed E-state index contributed by atoms with van der Waals surface area (Å²) >= 11 is 0. The Morgan fingerprint density at radius 1 is 1.41 bits per heavy atom. The van der Waals surface area contributed by atoms with Crippen LogP contribution in [0.25, 0.3) is 0 Å². The van der Waals surface area contributed by atoms with E-state index in [-0.39, 0.29) is 17.2 Å². The molecule has 1 aliphatic rings. The van der Waals surface area contributed by atoms with Gasteiger partial charge in [0.25, 0.3) is 5.91 Å². The van der Waals surface area contributed by atoms with Crippen molar-refractivity contribution in [2.45, 2.75) is 0 Å². The zero-order valence-corrected chi connectivity index (χ0v) is 9.90. The Balaban J connectivity index is 2.18. The van der Waals surface area contributed by atoms with Gasteiger partial charge in [-0.05, 0) is 12.1 Å². The van der Waals surface area contributed by atoms with Crippen LogP contribution in [0.1, 0.15) is 10.5 Å². The maximum Gasteiger partial charge on any atom is 0.268 e. The van der Waals surface area contributed by atoms with Gasteiger partial charge < -0.3 is 10.6 Å². The standard InChI is InChI=1S/C10H12N3O3S/c11-10(14)8-2-1-3-9(12-8)13-4-6-17(15,16)7-5-13/h1,3H,4-7H2,(H2,11,14). The van der Waals surface area contributed by atoms with Crippen LogP contribution >= 0.6 is 0 Å². The minimum Gasteiger partial charge on any atom is -0.364 e. The average molecular weight is 254 g/mol. The number of hydrogen-bond donors (Lipinski definition) is 1. The van der Waals surface area contributed by atoms with Crippen LogP contribution < -0.4 is 10.6 Å². The van der Waals surface area contributed by atoms with Gasteiger partial charge in [-0.25, -0.2) is 13.4 Å². The lowest BCUT2D eigenvalue weighted by Gasteiger charge is -2.27. The van der Waals surface area contributed by atoms with Crippen LogP contribution in [0.15, 0.2) is 12.1 Å². The Kier molecular flexibility index (Phi) is 3.01. The molecule has 1 amide bonds. The lowest BCUT2D eigenvalue weighted by molar-refractivity contribution is 0.0995. The van der Waals surface area contributed by atoms with E-state index in [0.717, 1.165) is 0 Å². The summed E-state index contributed by atoms with van der Waals surface area (Å²) in [4.78, 5) is 16.8. The summed E-state index contributed by atoms with van der Waals surface area (Å²) < 4.78 is 22.6. The second-order valence-corrected chi connectivity index (χ2v) is 6.10. The number of sulfone groups is 1. The predicted octanol–water partition coefficient (Wildman–Crippen LogP) is -0.785. The molecule has 0 aliphatic carbocycles. The van der Waals surface area contributed by atoms with E-state index in [1.807, 2.05) is 4.90 Å². The summed E-state index contributed by atoms with van der Waals surface area (Å²) in [7, 11) is -2.92. The number of hydrogen-bond acceptors (Lipinski definition) is 5. The van der Waals surface area contributed by atoms with Crippen LogP contribution in [0.5, 0.6) is 0 Å². The molecule has 17 heavy (non-hydrogen) atoms. The summed E-state index contributed by atoms with van der Waals surface area (Å²) in [5.74, 6) is 0.141. The molecule has 1 radical (unpaired) electrons. The highest BCUT2D eigenvalue weighted by Crippen LogP contribution is 2.14. The lowest BCUT2D eigenvalue weighted by Crippen LogP contribution is -2.40. The van der Waals surface area contributed by atoms with E-state index in [2.05, 4.69) is 11.1 Å². The van der Waals surface area contributed by atoms with Gasteiger partial charge in [0, 0.05) is 19.2 Å². The van der Waals surface area contributed by atoms with Gasteiger partial charge in [0.2, 0.25) is 0 Å². The molecule has 0 unspecified atom stereocenters. The summed E-state index contributed by atoms with van der Waals surface area (Å²) in [6, 6.07) is 5.88. The first-order chi connectivity index (χ1) is 7.98. The van der Waals surface area contributed by atoms with Gasteiger partial charge >= 0.3 is 0 Å². The molecule has 6 nitrogen and oxygen atoms in total. The van der Waals surface area contributed by atoms with E-state index in [0.29, 0.717) is 18.9 Å². The molecule has 91 valence electrons. The number of anilines is 1.